The van der Waals surface area contributed by atoms with Crippen LogP contribution in [0.25, 0.3) is 5.69 Å². The Hall–Kier alpha value is -2.80. The molecule has 1 aliphatic heterocycles. The number of nitrogens with one attached hydrogen (secondary N) is 1. The van der Waals surface area contributed by atoms with Gasteiger partial charge in [-0.2, -0.15) is 5.10 Å². The Kier molecular flexibility index (Phi) is 4.38. The molecule has 1 amide bonds. The molecular formula is C19H16BrN3O3. The molecule has 0 fully saturated rings. The quantitative estimate of drug-likeness (QED) is 0.705. The highest BCUT2D eigenvalue weighted by Gasteiger charge is 2.17. The number of aromatic nitrogens is 2. The Morgan fingerprint density at radius 3 is 2.65 bits per heavy atom. The second-order valence-electron chi connectivity index (χ2n) is 5.88. The molecule has 0 saturated carbocycles. The van der Waals surface area contributed by atoms with E-state index < -0.39 is 0 Å². The molecule has 0 bridgehead atoms. The molecule has 0 radical (unpaired) electrons. The number of benzene rings is 2. The highest BCUT2D eigenvalue weighted by Crippen LogP contribution is 2.38. The maximum atomic E-state index is 12.7. The lowest BCUT2D eigenvalue weighted by Gasteiger charge is -2.20. The summed E-state index contributed by atoms with van der Waals surface area (Å²) in [6, 6.07) is 12.8. The summed E-state index contributed by atoms with van der Waals surface area (Å²) in [7, 11) is 0. The van der Waals surface area contributed by atoms with Crippen molar-refractivity contribution in [2.24, 2.45) is 0 Å². The maximum Gasteiger partial charge on any atom is 0.255 e. The van der Waals surface area contributed by atoms with Gasteiger partial charge in [-0.15, -0.1) is 0 Å². The Morgan fingerprint density at radius 1 is 1.15 bits per heavy atom. The van der Waals surface area contributed by atoms with Crippen LogP contribution >= 0.6 is 15.9 Å². The van der Waals surface area contributed by atoms with Crippen molar-refractivity contribution in [2.45, 2.75) is 6.92 Å². The average Bonchev–Trinajstić information content (AvgIpc) is 3.09. The van der Waals surface area contributed by atoms with Gasteiger partial charge in [-0.3, -0.25) is 4.79 Å². The van der Waals surface area contributed by atoms with Gasteiger partial charge in [-0.25, -0.2) is 4.68 Å². The van der Waals surface area contributed by atoms with E-state index in [0.717, 1.165) is 15.9 Å². The molecule has 4 rings (SSSR count). The van der Waals surface area contributed by atoms with Gasteiger partial charge < -0.3 is 14.8 Å². The number of anilines is 1. The van der Waals surface area contributed by atoms with Crippen molar-refractivity contribution in [2.75, 3.05) is 18.5 Å². The lowest BCUT2D eigenvalue weighted by atomic mass is 10.1. The van der Waals surface area contributed by atoms with Crippen molar-refractivity contribution < 1.29 is 14.3 Å². The van der Waals surface area contributed by atoms with Gasteiger partial charge >= 0.3 is 0 Å². The van der Waals surface area contributed by atoms with Crippen LogP contribution in [0.1, 0.15) is 16.1 Å². The first kappa shape index (κ1) is 16.7. The van der Waals surface area contributed by atoms with Crippen molar-refractivity contribution in [3.8, 4) is 17.2 Å². The largest absolute Gasteiger partial charge is 0.486 e. The van der Waals surface area contributed by atoms with E-state index in [2.05, 4.69) is 26.3 Å². The van der Waals surface area contributed by atoms with Gasteiger partial charge in [0.15, 0.2) is 11.5 Å². The van der Waals surface area contributed by atoms with Gasteiger partial charge in [0, 0.05) is 28.4 Å². The molecule has 7 heteroatoms. The number of halogens is 1. The number of carbonyl (C=O) groups is 1. The minimum Gasteiger partial charge on any atom is -0.486 e. The van der Waals surface area contributed by atoms with E-state index in [0.29, 0.717) is 36.0 Å². The first-order chi connectivity index (χ1) is 12.6. The van der Waals surface area contributed by atoms with Gasteiger partial charge in [0.25, 0.3) is 5.91 Å². The molecule has 26 heavy (non-hydrogen) atoms. The molecule has 3 aromatic rings. The zero-order chi connectivity index (χ0) is 18.1. The highest BCUT2D eigenvalue weighted by molar-refractivity contribution is 9.10. The summed E-state index contributed by atoms with van der Waals surface area (Å²) in [5, 5.41) is 7.28. The minimum atomic E-state index is -0.215. The van der Waals surface area contributed by atoms with E-state index >= 15 is 0 Å². The van der Waals surface area contributed by atoms with Crippen molar-refractivity contribution in [3.63, 3.8) is 0 Å². The van der Waals surface area contributed by atoms with E-state index in [9.17, 15) is 4.79 Å². The third-order valence-corrected chi connectivity index (χ3v) is 4.63. The summed E-state index contributed by atoms with van der Waals surface area (Å²) in [4.78, 5) is 12.7. The van der Waals surface area contributed by atoms with Crippen LogP contribution in [0.4, 0.5) is 5.69 Å². The zero-order valence-corrected chi connectivity index (χ0v) is 15.6. The molecule has 1 N–H and O–H groups in total. The Labute approximate surface area is 158 Å². The van der Waals surface area contributed by atoms with Crippen LogP contribution in [0.3, 0.4) is 0 Å². The van der Waals surface area contributed by atoms with Gasteiger partial charge in [0.05, 0.1) is 17.1 Å². The molecule has 2 heterocycles. The third-order valence-electron chi connectivity index (χ3n) is 3.98. The van der Waals surface area contributed by atoms with Gasteiger partial charge in [-0.05, 0) is 47.1 Å². The number of ether oxygens (including phenoxy) is 2. The smallest absolute Gasteiger partial charge is 0.255 e. The first-order valence-corrected chi connectivity index (χ1v) is 8.93. The second kappa shape index (κ2) is 6.84. The Morgan fingerprint density at radius 2 is 1.92 bits per heavy atom. The fourth-order valence-corrected chi connectivity index (χ4v) is 3.12. The van der Waals surface area contributed by atoms with Gasteiger partial charge in [-0.1, -0.05) is 6.07 Å². The van der Waals surface area contributed by atoms with Crippen LogP contribution in [0.5, 0.6) is 11.5 Å². The molecule has 1 aromatic heterocycles. The van der Waals surface area contributed by atoms with Crippen LogP contribution < -0.4 is 14.8 Å². The topological polar surface area (TPSA) is 65.4 Å². The number of rotatable bonds is 3. The van der Waals surface area contributed by atoms with Crippen molar-refractivity contribution in [3.05, 3.63) is 64.4 Å². The average molecular weight is 414 g/mol. The van der Waals surface area contributed by atoms with E-state index in [1.807, 2.05) is 31.3 Å². The molecular weight excluding hydrogens is 398 g/mol. The maximum absolute atomic E-state index is 12.7. The number of amides is 1. The fraction of sp³-hybridized carbons (Fsp3) is 0.158. The lowest BCUT2D eigenvalue weighted by molar-refractivity contribution is 0.102. The predicted molar refractivity (Wildman–Crippen MR) is 101 cm³/mol. The summed E-state index contributed by atoms with van der Waals surface area (Å²) in [5.41, 5.74) is 2.91. The second-order valence-corrected chi connectivity index (χ2v) is 6.74. The highest BCUT2D eigenvalue weighted by atomic mass is 79.9. The van der Waals surface area contributed by atoms with Gasteiger partial charge in [0.2, 0.25) is 0 Å². The molecule has 132 valence electrons. The number of carbonyl (C=O) groups excluding carboxylic acids is 1. The van der Waals surface area contributed by atoms with Gasteiger partial charge in [0.1, 0.15) is 13.2 Å². The minimum absolute atomic E-state index is 0.215. The molecule has 0 atom stereocenters. The van der Waals surface area contributed by atoms with Crippen LogP contribution in [0.15, 0.2) is 53.1 Å². The molecule has 0 unspecified atom stereocenters. The van der Waals surface area contributed by atoms with Crippen LogP contribution in [0.2, 0.25) is 0 Å². The molecule has 2 aromatic carbocycles. The summed E-state index contributed by atoms with van der Waals surface area (Å²) >= 11 is 3.47. The van der Waals surface area contributed by atoms with E-state index in [1.54, 1.807) is 28.9 Å². The van der Waals surface area contributed by atoms with Crippen molar-refractivity contribution in [1.82, 2.24) is 9.78 Å². The van der Waals surface area contributed by atoms with E-state index in [1.165, 1.54) is 0 Å². The fourth-order valence-electron chi connectivity index (χ4n) is 2.70. The van der Waals surface area contributed by atoms with E-state index in [-0.39, 0.29) is 5.91 Å². The zero-order valence-electron chi connectivity index (χ0n) is 14.0. The first-order valence-electron chi connectivity index (χ1n) is 8.13. The molecule has 6 nitrogen and oxygen atoms in total. The summed E-state index contributed by atoms with van der Waals surface area (Å²) in [6.45, 7) is 2.94. The van der Waals surface area contributed by atoms with Crippen LogP contribution in [0, 0.1) is 6.92 Å². The van der Waals surface area contributed by atoms with Crippen molar-refractivity contribution in [1.29, 1.82) is 0 Å². The number of hydrogen-bond acceptors (Lipinski definition) is 4. The van der Waals surface area contributed by atoms with Crippen LogP contribution in [-0.4, -0.2) is 28.9 Å². The summed E-state index contributed by atoms with van der Waals surface area (Å²) in [5.74, 6) is 1.07. The standard InChI is InChI=1S/C19H16BrN3O3/c1-12-5-6-23(22-12)14-4-2-3-13(9-14)19(24)21-16-11-18-17(10-15(16)20)25-7-8-26-18/h2-6,9-11H,7-8H2,1H3,(H,21,24). The number of hydrogen-bond donors (Lipinski definition) is 1. The molecule has 0 aliphatic carbocycles. The molecule has 0 spiro atoms. The normalized spacial score (nSPS) is 12.7. The number of fused-ring (bicyclic) bond motifs is 1. The molecule has 0 saturated heterocycles. The summed E-state index contributed by atoms with van der Waals surface area (Å²) in [6.07, 6.45) is 1.86. The summed E-state index contributed by atoms with van der Waals surface area (Å²) < 4.78 is 13.6. The number of aryl methyl sites for hydroxylation is 1. The monoisotopic (exact) mass is 413 g/mol. The third kappa shape index (κ3) is 3.30. The van der Waals surface area contributed by atoms with E-state index in [4.69, 9.17) is 9.47 Å². The Balaban J connectivity index is 1.59. The number of nitrogens with zero attached hydrogens (tertiary/aromatic N) is 2. The lowest BCUT2D eigenvalue weighted by Crippen LogP contribution is -2.17. The molecule has 1 aliphatic rings. The Bertz CT molecular complexity index is 984. The van der Waals surface area contributed by atoms with Crippen molar-refractivity contribution >= 4 is 27.5 Å². The predicted octanol–water partition coefficient (Wildman–Crippen LogP) is 3.97. The van der Waals surface area contributed by atoms with Crippen LogP contribution in [-0.2, 0) is 0 Å². The SMILES string of the molecule is Cc1ccn(-c2cccc(C(=O)Nc3cc4c(cc3Br)OCCO4)c2)n1.